The summed E-state index contributed by atoms with van der Waals surface area (Å²) in [5, 5.41) is 6.66. The minimum Gasteiger partial charge on any atom is -0.479 e. The average molecular weight is 297 g/mol. The van der Waals surface area contributed by atoms with Gasteiger partial charge >= 0.3 is 0 Å². The zero-order chi connectivity index (χ0) is 15.5. The number of ether oxygens (including phenoxy) is 1. The van der Waals surface area contributed by atoms with Crippen LogP contribution in [0.3, 0.4) is 0 Å². The molecular formula is C14H17F2N3O2. The number of benzene rings is 1. The third-order valence-electron chi connectivity index (χ3n) is 2.63. The largest absolute Gasteiger partial charge is 0.479 e. The van der Waals surface area contributed by atoms with E-state index in [2.05, 4.69) is 20.0 Å². The molecule has 0 atom stereocenters. The van der Waals surface area contributed by atoms with E-state index in [0.717, 1.165) is 6.39 Å². The highest BCUT2D eigenvalue weighted by Crippen LogP contribution is 2.24. The Kier molecular flexibility index (Phi) is 4.52. The first kappa shape index (κ1) is 15.4. The third kappa shape index (κ3) is 4.49. The maximum Gasteiger partial charge on any atom is 0.213 e. The quantitative estimate of drug-likeness (QED) is 0.919. The molecule has 0 saturated carbocycles. The SMILES string of the molecule is CC(C)(C)NCc1cc(F)c(OCc2ncon2)c(F)c1. The molecule has 2 rings (SSSR count). The van der Waals surface area contributed by atoms with Crippen molar-refractivity contribution in [2.45, 2.75) is 39.5 Å². The molecule has 1 heterocycles. The Morgan fingerprint density at radius 3 is 2.43 bits per heavy atom. The second-order valence-electron chi connectivity index (χ2n) is 5.63. The predicted molar refractivity (Wildman–Crippen MR) is 71.6 cm³/mol. The van der Waals surface area contributed by atoms with E-state index in [9.17, 15) is 8.78 Å². The van der Waals surface area contributed by atoms with E-state index >= 15 is 0 Å². The molecule has 1 aromatic carbocycles. The highest BCUT2D eigenvalue weighted by molar-refractivity contribution is 5.31. The standard InChI is InChI=1S/C14H17F2N3O2/c1-14(2,3)18-6-9-4-10(15)13(11(16)5-9)20-7-12-17-8-21-19-12/h4-5,8,18H,6-7H2,1-3H3. The van der Waals surface area contributed by atoms with Crippen molar-refractivity contribution in [3.8, 4) is 5.75 Å². The summed E-state index contributed by atoms with van der Waals surface area (Å²) in [6, 6.07) is 2.49. The first-order chi connectivity index (χ1) is 9.85. The fourth-order valence-electron chi connectivity index (χ4n) is 1.61. The first-order valence-corrected chi connectivity index (χ1v) is 6.46. The average Bonchev–Trinajstić information content (AvgIpc) is 2.87. The van der Waals surface area contributed by atoms with Crippen LogP contribution in [-0.2, 0) is 13.2 Å². The Morgan fingerprint density at radius 2 is 1.90 bits per heavy atom. The Morgan fingerprint density at radius 1 is 1.24 bits per heavy atom. The lowest BCUT2D eigenvalue weighted by atomic mass is 10.1. The van der Waals surface area contributed by atoms with Crippen LogP contribution in [0.2, 0.25) is 0 Å². The highest BCUT2D eigenvalue weighted by atomic mass is 19.1. The van der Waals surface area contributed by atoms with Crippen molar-refractivity contribution in [3.05, 3.63) is 41.5 Å². The molecule has 0 spiro atoms. The van der Waals surface area contributed by atoms with Crippen LogP contribution >= 0.6 is 0 Å². The van der Waals surface area contributed by atoms with Gasteiger partial charge < -0.3 is 14.6 Å². The van der Waals surface area contributed by atoms with Gasteiger partial charge in [0.25, 0.3) is 0 Å². The van der Waals surface area contributed by atoms with Crippen molar-refractivity contribution in [1.29, 1.82) is 0 Å². The van der Waals surface area contributed by atoms with Gasteiger partial charge in [-0.05, 0) is 38.5 Å². The molecule has 0 aliphatic rings. The molecule has 0 saturated heterocycles. The fourth-order valence-corrected chi connectivity index (χ4v) is 1.61. The molecule has 2 aromatic rings. The fraction of sp³-hybridized carbons (Fsp3) is 0.429. The van der Waals surface area contributed by atoms with E-state index < -0.39 is 17.4 Å². The van der Waals surface area contributed by atoms with Crippen molar-refractivity contribution in [1.82, 2.24) is 15.5 Å². The normalized spacial score (nSPS) is 11.7. The van der Waals surface area contributed by atoms with Gasteiger partial charge in [0.05, 0.1) is 0 Å². The maximum absolute atomic E-state index is 13.9. The van der Waals surface area contributed by atoms with Crippen molar-refractivity contribution in [2.24, 2.45) is 0 Å². The molecule has 114 valence electrons. The monoisotopic (exact) mass is 297 g/mol. The molecule has 0 radical (unpaired) electrons. The molecule has 1 aromatic heterocycles. The lowest BCUT2D eigenvalue weighted by Gasteiger charge is -2.20. The van der Waals surface area contributed by atoms with Crippen molar-refractivity contribution in [3.63, 3.8) is 0 Å². The van der Waals surface area contributed by atoms with Crippen molar-refractivity contribution < 1.29 is 18.0 Å². The van der Waals surface area contributed by atoms with Crippen LogP contribution < -0.4 is 10.1 Å². The van der Waals surface area contributed by atoms with E-state index in [1.54, 1.807) is 0 Å². The lowest BCUT2D eigenvalue weighted by molar-refractivity contribution is 0.259. The predicted octanol–water partition coefficient (Wildman–Crippen LogP) is 2.81. The van der Waals surface area contributed by atoms with Gasteiger partial charge in [0, 0.05) is 12.1 Å². The summed E-state index contributed by atoms with van der Waals surface area (Å²) in [7, 11) is 0. The van der Waals surface area contributed by atoms with Crippen LogP contribution in [0.25, 0.3) is 0 Å². The van der Waals surface area contributed by atoms with E-state index in [4.69, 9.17) is 4.74 Å². The van der Waals surface area contributed by atoms with Crippen LogP contribution in [-0.4, -0.2) is 15.7 Å². The Balaban J connectivity index is 2.06. The topological polar surface area (TPSA) is 60.2 Å². The van der Waals surface area contributed by atoms with Gasteiger partial charge in [0.15, 0.2) is 24.0 Å². The maximum atomic E-state index is 13.9. The van der Waals surface area contributed by atoms with E-state index in [-0.39, 0.29) is 18.0 Å². The number of aromatic nitrogens is 2. The highest BCUT2D eigenvalue weighted by Gasteiger charge is 2.15. The smallest absolute Gasteiger partial charge is 0.213 e. The van der Waals surface area contributed by atoms with Crippen molar-refractivity contribution in [2.75, 3.05) is 0 Å². The van der Waals surface area contributed by atoms with Gasteiger partial charge in [-0.2, -0.15) is 4.98 Å². The molecule has 0 aliphatic heterocycles. The Hall–Kier alpha value is -2.02. The van der Waals surface area contributed by atoms with Crippen LogP contribution in [0.4, 0.5) is 8.78 Å². The zero-order valence-electron chi connectivity index (χ0n) is 12.1. The van der Waals surface area contributed by atoms with Gasteiger partial charge in [0.1, 0.15) is 0 Å². The lowest BCUT2D eigenvalue weighted by Crippen LogP contribution is -2.35. The molecule has 0 fully saturated rings. The molecule has 0 unspecified atom stereocenters. The van der Waals surface area contributed by atoms with Gasteiger partial charge in [-0.15, -0.1) is 0 Å². The number of nitrogens with one attached hydrogen (secondary N) is 1. The van der Waals surface area contributed by atoms with Gasteiger partial charge in [-0.25, -0.2) is 8.78 Å². The summed E-state index contributed by atoms with van der Waals surface area (Å²) in [5.41, 5.74) is 0.368. The second-order valence-corrected chi connectivity index (χ2v) is 5.63. The summed E-state index contributed by atoms with van der Waals surface area (Å²) in [6.45, 7) is 6.12. The zero-order valence-corrected chi connectivity index (χ0v) is 12.1. The van der Waals surface area contributed by atoms with Crippen LogP contribution in [0.1, 0.15) is 32.2 Å². The van der Waals surface area contributed by atoms with Crippen LogP contribution in [0, 0.1) is 11.6 Å². The molecule has 1 N–H and O–H groups in total. The Labute approximate surface area is 121 Å². The number of rotatable bonds is 5. The van der Waals surface area contributed by atoms with Crippen LogP contribution in [0.15, 0.2) is 23.0 Å². The summed E-state index contributed by atoms with van der Waals surface area (Å²) in [5.74, 6) is -1.75. The summed E-state index contributed by atoms with van der Waals surface area (Å²) in [6.07, 6.45) is 1.12. The summed E-state index contributed by atoms with van der Waals surface area (Å²) >= 11 is 0. The van der Waals surface area contributed by atoms with Crippen LogP contribution in [0.5, 0.6) is 5.75 Å². The molecular weight excluding hydrogens is 280 g/mol. The minimum absolute atomic E-state index is 0.138. The third-order valence-corrected chi connectivity index (χ3v) is 2.63. The number of hydrogen-bond acceptors (Lipinski definition) is 5. The number of nitrogens with zero attached hydrogens (tertiary/aromatic N) is 2. The molecule has 0 bridgehead atoms. The van der Waals surface area contributed by atoms with E-state index in [0.29, 0.717) is 12.1 Å². The first-order valence-electron chi connectivity index (χ1n) is 6.46. The molecule has 21 heavy (non-hydrogen) atoms. The summed E-state index contributed by atoms with van der Waals surface area (Å²) in [4.78, 5) is 3.71. The van der Waals surface area contributed by atoms with E-state index in [1.807, 2.05) is 20.8 Å². The van der Waals surface area contributed by atoms with Gasteiger partial charge in [-0.3, -0.25) is 0 Å². The number of halogens is 2. The van der Waals surface area contributed by atoms with E-state index in [1.165, 1.54) is 12.1 Å². The summed E-state index contributed by atoms with van der Waals surface area (Å²) < 4.78 is 37.4. The molecule has 0 amide bonds. The van der Waals surface area contributed by atoms with Crippen molar-refractivity contribution >= 4 is 0 Å². The van der Waals surface area contributed by atoms with Gasteiger partial charge in [-0.1, -0.05) is 5.16 Å². The molecule has 0 aliphatic carbocycles. The Bertz CT molecular complexity index is 572. The molecule has 7 heteroatoms. The second kappa shape index (κ2) is 6.17. The molecule has 5 nitrogen and oxygen atoms in total. The number of hydrogen-bond donors (Lipinski definition) is 1. The van der Waals surface area contributed by atoms with Gasteiger partial charge in [0.2, 0.25) is 12.2 Å². The minimum atomic E-state index is -0.760.